The third kappa shape index (κ3) is 2.47. The molecule has 0 spiro atoms. The number of ketones is 2. The van der Waals surface area contributed by atoms with Crippen LogP contribution in [0, 0.1) is 6.92 Å². The summed E-state index contributed by atoms with van der Waals surface area (Å²) in [6.07, 6.45) is 1.46. The molecule has 0 amide bonds. The number of aryl methyl sites for hydroxylation is 1. The Balaban J connectivity index is 3.47. The number of carbonyl (C=O) groups is 2. The second-order valence-corrected chi connectivity index (χ2v) is 4.59. The lowest BCUT2D eigenvalue weighted by Gasteiger charge is -2.15. The van der Waals surface area contributed by atoms with Crippen LogP contribution in [0.15, 0.2) is 21.5 Å². The Labute approximate surface area is 101 Å². The van der Waals surface area contributed by atoms with Gasteiger partial charge in [-0.15, -0.1) is 0 Å². The molecule has 0 bridgehead atoms. The monoisotopic (exact) mass is 285 g/mol. The number of carbonyl (C=O) groups excluding carboxylic acids is 2. The van der Waals surface area contributed by atoms with Crippen LogP contribution in [-0.4, -0.2) is 16.1 Å². The lowest BCUT2D eigenvalue weighted by Crippen LogP contribution is -2.33. The van der Waals surface area contributed by atoms with E-state index in [1.165, 1.54) is 24.6 Å². The van der Waals surface area contributed by atoms with Gasteiger partial charge in [-0.05, 0) is 42.8 Å². The van der Waals surface area contributed by atoms with Crippen LogP contribution >= 0.6 is 15.9 Å². The molecular weight excluding hydrogens is 274 g/mol. The van der Waals surface area contributed by atoms with Gasteiger partial charge in [0, 0.05) is 16.2 Å². The van der Waals surface area contributed by atoms with Crippen LogP contribution in [-0.2, 0) is 9.59 Å². The Morgan fingerprint density at radius 3 is 2.25 bits per heavy atom. The molecule has 0 aliphatic carbocycles. The van der Waals surface area contributed by atoms with E-state index in [1.807, 2.05) is 0 Å². The van der Waals surface area contributed by atoms with Crippen LogP contribution in [0.1, 0.15) is 25.5 Å². The zero-order chi connectivity index (χ0) is 12.5. The van der Waals surface area contributed by atoms with E-state index in [0.717, 1.165) is 0 Å². The summed E-state index contributed by atoms with van der Waals surface area (Å²) in [6, 6.07) is 0.625. The topological polar surface area (TPSA) is 56.1 Å². The predicted molar refractivity (Wildman–Crippen MR) is 63.5 cm³/mol. The molecule has 0 aromatic carbocycles. The van der Waals surface area contributed by atoms with Crippen molar-refractivity contribution in [2.45, 2.75) is 26.8 Å². The van der Waals surface area contributed by atoms with E-state index in [0.29, 0.717) is 10.0 Å². The summed E-state index contributed by atoms with van der Waals surface area (Å²) in [7, 11) is 0. The Morgan fingerprint density at radius 1 is 1.31 bits per heavy atom. The fourth-order valence-corrected chi connectivity index (χ4v) is 2.13. The number of hydrogen-bond acceptors (Lipinski definition) is 3. The molecule has 0 radical (unpaired) electrons. The number of hydrogen-bond donors (Lipinski definition) is 0. The number of nitrogens with zero attached hydrogens (tertiary/aromatic N) is 1. The summed E-state index contributed by atoms with van der Waals surface area (Å²) < 4.78 is 1.83. The van der Waals surface area contributed by atoms with E-state index in [9.17, 15) is 14.4 Å². The molecule has 1 aromatic rings. The lowest BCUT2D eigenvalue weighted by molar-refractivity contribution is -0.129. The quantitative estimate of drug-likeness (QED) is 0.794. The molecule has 0 aliphatic rings. The summed E-state index contributed by atoms with van der Waals surface area (Å²) in [6.45, 7) is 4.24. The van der Waals surface area contributed by atoms with Crippen molar-refractivity contribution < 1.29 is 9.59 Å². The number of rotatable bonds is 3. The lowest BCUT2D eigenvalue weighted by atomic mass is 10.1. The van der Waals surface area contributed by atoms with E-state index in [1.54, 1.807) is 13.0 Å². The van der Waals surface area contributed by atoms with Crippen molar-refractivity contribution in [2.24, 2.45) is 0 Å². The second-order valence-electron chi connectivity index (χ2n) is 3.68. The third-order valence-electron chi connectivity index (χ3n) is 2.24. The maximum absolute atomic E-state index is 11.8. The Morgan fingerprint density at radius 2 is 1.81 bits per heavy atom. The molecule has 4 nitrogen and oxygen atoms in total. The second kappa shape index (κ2) is 4.74. The number of pyridine rings is 1. The first kappa shape index (κ1) is 12.8. The van der Waals surface area contributed by atoms with Crippen molar-refractivity contribution in [3.05, 3.63) is 32.7 Å². The van der Waals surface area contributed by atoms with Crippen molar-refractivity contribution in [1.82, 2.24) is 4.57 Å². The molecule has 1 aromatic heterocycles. The van der Waals surface area contributed by atoms with Gasteiger partial charge in [0.15, 0.2) is 17.6 Å². The first-order chi connectivity index (χ1) is 7.34. The van der Waals surface area contributed by atoms with Gasteiger partial charge in [0.1, 0.15) is 0 Å². The van der Waals surface area contributed by atoms with Gasteiger partial charge in [-0.25, -0.2) is 0 Å². The van der Waals surface area contributed by atoms with E-state index < -0.39 is 6.04 Å². The Bertz CT molecular complexity index is 490. The minimum Gasteiger partial charge on any atom is -0.297 e. The normalized spacial score (nSPS) is 10.6. The smallest absolute Gasteiger partial charge is 0.254 e. The summed E-state index contributed by atoms with van der Waals surface area (Å²) in [5.74, 6) is -0.681. The van der Waals surface area contributed by atoms with Gasteiger partial charge in [-0.1, -0.05) is 0 Å². The van der Waals surface area contributed by atoms with Gasteiger partial charge in [0.2, 0.25) is 0 Å². The molecule has 0 N–H and O–H groups in total. The molecular formula is C11H12BrNO3. The molecule has 1 heterocycles. The SMILES string of the molecule is CC(=O)C(C(C)=O)n1cc(Br)cc(C)c1=O. The van der Waals surface area contributed by atoms with E-state index in [-0.39, 0.29) is 17.1 Å². The van der Waals surface area contributed by atoms with Crippen molar-refractivity contribution >= 4 is 27.5 Å². The number of aromatic nitrogens is 1. The van der Waals surface area contributed by atoms with E-state index >= 15 is 0 Å². The fourth-order valence-electron chi connectivity index (χ4n) is 1.57. The van der Waals surface area contributed by atoms with E-state index in [2.05, 4.69) is 15.9 Å². The molecule has 16 heavy (non-hydrogen) atoms. The predicted octanol–water partition coefficient (Wildman–Crippen LogP) is 1.64. The Hall–Kier alpha value is -1.23. The maximum atomic E-state index is 11.8. The molecule has 0 saturated carbocycles. The number of Topliss-reactive ketones (excluding diaryl/α,β-unsaturated/α-hetero) is 2. The van der Waals surface area contributed by atoms with Gasteiger partial charge in [-0.2, -0.15) is 0 Å². The molecule has 0 unspecified atom stereocenters. The van der Waals surface area contributed by atoms with Crippen molar-refractivity contribution in [3.8, 4) is 0 Å². The Kier molecular flexibility index (Phi) is 3.80. The van der Waals surface area contributed by atoms with Gasteiger partial charge in [0.25, 0.3) is 5.56 Å². The van der Waals surface area contributed by atoms with Crippen LogP contribution in [0.25, 0.3) is 0 Å². The van der Waals surface area contributed by atoms with Crippen LogP contribution in [0.5, 0.6) is 0 Å². The molecule has 0 fully saturated rings. The zero-order valence-corrected chi connectivity index (χ0v) is 10.9. The van der Waals surface area contributed by atoms with Crippen molar-refractivity contribution in [2.75, 3.05) is 0 Å². The largest absolute Gasteiger partial charge is 0.297 e. The minimum absolute atomic E-state index is 0.321. The molecule has 0 aliphatic heterocycles. The summed E-state index contributed by atoms with van der Waals surface area (Å²) >= 11 is 3.23. The summed E-state index contributed by atoms with van der Waals surface area (Å²) in [4.78, 5) is 34.5. The highest BCUT2D eigenvalue weighted by molar-refractivity contribution is 9.10. The van der Waals surface area contributed by atoms with Gasteiger partial charge in [-0.3, -0.25) is 19.0 Å². The van der Waals surface area contributed by atoms with Crippen LogP contribution < -0.4 is 5.56 Å². The standard InChI is InChI=1S/C11H12BrNO3/c1-6-4-9(12)5-13(11(6)16)10(7(2)14)8(3)15/h4-5,10H,1-3H3. The molecule has 0 atom stereocenters. The van der Waals surface area contributed by atoms with Gasteiger partial charge in [0.05, 0.1) is 0 Å². The molecule has 0 saturated heterocycles. The van der Waals surface area contributed by atoms with Crippen molar-refractivity contribution in [1.29, 1.82) is 0 Å². The number of halogens is 1. The zero-order valence-electron chi connectivity index (χ0n) is 9.28. The summed E-state index contributed by atoms with van der Waals surface area (Å²) in [5.41, 5.74) is 0.167. The average molecular weight is 286 g/mol. The molecule has 1 rings (SSSR count). The molecule has 86 valence electrons. The highest BCUT2D eigenvalue weighted by Gasteiger charge is 2.23. The highest BCUT2D eigenvalue weighted by atomic mass is 79.9. The summed E-state index contributed by atoms with van der Waals surface area (Å²) in [5, 5.41) is 0. The van der Waals surface area contributed by atoms with Crippen molar-refractivity contribution in [3.63, 3.8) is 0 Å². The van der Waals surface area contributed by atoms with E-state index in [4.69, 9.17) is 0 Å². The van der Waals surface area contributed by atoms with Crippen LogP contribution in [0.3, 0.4) is 0 Å². The van der Waals surface area contributed by atoms with Crippen LogP contribution in [0.4, 0.5) is 0 Å². The van der Waals surface area contributed by atoms with Gasteiger partial charge < -0.3 is 0 Å². The average Bonchev–Trinajstić information content (AvgIpc) is 2.12. The first-order valence-electron chi connectivity index (χ1n) is 4.73. The third-order valence-corrected chi connectivity index (χ3v) is 2.67. The van der Waals surface area contributed by atoms with Gasteiger partial charge >= 0.3 is 0 Å². The maximum Gasteiger partial charge on any atom is 0.254 e. The fraction of sp³-hybridized carbons (Fsp3) is 0.364. The van der Waals surface area contributed by atoms with Crippen LogP contribution in [0.2, 0.25) is 0 Å². The molecule has 5 heteroatoms. The first-order valence-corrected chi connectivity index (χ1v) is 5.53. The highest BCUT2D eigenvalue weighted by Crippen LogP contribution is 2.13. The minimum atomic E-state index is -1.02.